The van der Waals surface area contributed by atoms with Crippen molar-refractivity contribution in [3.05, 3.63) is 46.4 Å². The molecule has 0 aliphatic rings. The Hall–Kier alpha value is -1.66. The first-order valence-corrected chi connectivity index (χ1v) is 8.14. The molecule has 0 unspecified atom stereocenters. The third kappa shape index (κ3) is 3.01. The first-order chi connectivity index (χ1) is 10.2. The number of benzene rings is 2. The van der Waals surface area contributed by atoms with Crippen molar-refractivity contribution in [2.45, 2.75) is 10.9 Å². The number of aromatic nitrogens is 2. The SMILES string of the molecule is COc1ccc2nc(SCc3c(N)cccc3Br)[nH]c2c1. The summed E-state index contributed by atoms with van der Waals surface area (Å²) in [6, 6.07) is 11.6. The molecule has 6 heteroatoms. The summed E-state index contributed by atoms with van der Waals surface area (Å²) in [5, 5.41) is 0.869. The number of halogens is 1. The first kappa shape index (κ1) is 14.3. The summed E-state index contributed by atoms with van der Waals surface area (Å²) < 4.78 is 6.24. The number of nitrogen functional groups attached to an aromatic ring is 1. The molecular formula is C15H14BrN3OS. The van der Waals surface area contributed by atoms with Crippen LogP contribution in [0.2, 0.25) is 0 Å². The van der Waals surface area contributed by atoms with E-state index >= 15 is 0 Å². The van der Waals surface area contributed by atoms with Gasteiger partial charge in [0.15, 0.2) is 5.16 Å². The van der Waals surface area contributed by atoms with Gasteiger partial charge in [0.05, 0.1) is 18.1 Å². The highest BCUT2D eigenvalue weighted by molar-refractivity contribution is 9.10. The number of anilines is 1. The van der Waals surface area contributed by atoms with Crippen LogP contribution in [0, 0.1) is 0 Å². The fourth-order valence-corrected chi connectivity index (χ4v) is 3.68. The van der Waals surface area contributed by atoms with Crippen molar-refractivity contribution in [3.63, 3.8) is 0 Å². The van der Waals surface area contributed by atoms with E-state index in [1.165, 1.54) is 0 Å². The van der Waals surface area contributed by atoms with Crippen LogP contribution >= 0.6 is 27.7 Å². The van der Waals surface area contributed by atoms with Crippen molar-refractivity contribution in [1.29, 1.82) is 0 Å². The van der Waals surface area contributed by atoms with E-state index in [-0.39, 0.29) is 0 Å². The molecule has 0 atom stereocenters. The Morgan fingerprint density at radius 2 is 2.19 bits per heavy atom. The van der Waals surface area contributed by atoms with E-state index in [1.807, 2.05) is 36.4 Å². The number of hydrogen-bond acceptors (Lipinski definition) is 4. The lowest BCUT2D eigenvalue weighted by atomic mass is 10.2. The van der Waals surface area contributed by atoms with Gasteiger partial charge < -0.3 is 15.5 Å². The van der Waals surface area contributed by atoms with Gasteiger partial charge in [0.1, 0.15) is 5.75 Å². The zero-order valence-corrected chi connectivity index (χ0v) is 13.8. The molecule has 4 nitrogen and oxygen atoms in total. The summed E-state index contributed by atoms with van der Waals surface area (Å²) in [5.74, 6) is 1.57. The van der Waals surface area contributed by atoms with Gasteiger partial charge in [0.25, 0.3) is 0 Å². The first-order valence-electron chi connectivity index (χ1n) is 6.37. The number of nitrogens with two attached hydrogens (primary N) is 1. The minimum atomic E-state index is 0.754. The van der Waals surface area contributed by atoms with Crippen molar-refractivity contribution >= 4 is 44.4 Å². The van der Waals surface area contributed by atoms with E-state index in [0.717, 1.165) is 43.4 Å². The average molecular weight is 364 g/mol. The zero-order chi connectivity index (χ0) is 14.8. The lowest BCUT2D eigenvalue weighted by Crippen LogP contribution is -1.93. The number of ether oxygens (including phenoxy) is 1. The Bertz CT molecular complexity index is 767. The summed E-state index contributed by atoms with van der Waals surface area (Å²) in [6.45, 7) is 0. The van der Waals surface area contributed by atoms with Gasteiger partial charge in [-0.05, 0) is 29.8 Å². The molecule has 108 valence electrons. The third-order valence-corrected chi connectivity index (χ3v) is 4.82. The molecule has 3 N–H and O–H groups in total. The van der Waals surface area contributed by atoms with Crippen LogP contribution < -0.4 is 10.5 Å². The number of H-pyrrole nitrogens is 1. The van der Waals surface area contributed by atoms with Crippen LogP contribution in [0.4, 0.5) is 5.69 Å². The minimum Gasteiger partial charge on any atom is -0.497 e. The highest BCUT2D eigenvalue weighted by Crippen LogP contribution is 2.30. The fraction of sp³-hybridized carbons (Fsp3) is 0.133. The summed E-state index contributed by atoms with van der Waals surface area (Å²) in [5.41, 5.74) is 9.78. The maximum atomic E-state index is 6.01. The highest BCUT2D eigenvalue weighted by atomic mass is 79.9. The van der Waals surface area contributed by atoms with Crippen LogP contribution in [0.1, 0.15) is 5.56 Å². The topological polar surface area (TPSA) is 63.9 Å². The molecule has 0 spiro atoms. The Morgan fingerprint density at radius 3 is 2.95 bits per heavy atom. The molecule has 0 radical (unpaired) electrons. The molecule has 0 aliphatic heterocycles. The largest absolute Gasteiger partial charge is 0.497 e. The molecule has 0 bridgehead atoms. The molecule has 0 saturated heterocycles. The van der Waals surface area contributed by atoms with Gasteiger partial charge in [-0.2, -0.15) is 0 Å². The predicted molar refractivity (Wildman–Crippen MR) is 90.8 cm³/mol. The maximum Gasteiger partial charge on any atom is 0.166 e. The minimum absolute atomic E-state index is 0.754. The number of nitrogens with one attached hydrogen (secondary N) is 1. The Balaban J connectivity index is 1.82. The Labute approximate surface area is 135 Å². The van der Waals surface area contributed by atoms with Gasteiger partial charge >= 0.3 is 0 Å². The summed E-state index contributed by atoms with van der Waals surface area (Å²) in [7, 11) is 1.66. The molecule has 0 saturated carbocycles. The van der Waals surface area contributed by atoms with Crippen molar-refractivity contribution in [3.8, 4) is 5.75 Å². The molecule has 3 aromatic rings. The van der Waals surface area contributed by atoms with Gasteiger partial charge in [0, 0.05) is 22.0 Å². The van der Waals surface area contributed by atoms with Crippen molar-refractivity contribution in [2.24, 2.45) is 0 Å². The standard InChI is InChI=1S/C15H14BrN3OS/c1-20-9-5-6-13-14(7-9)19-15(18-13)21-8-10-11(16)3-2-4-12(10)17/h2-7H,8,17H2,1H3,(H,18,19). The van der Waals surface area contributed by atoms with E-state index in [2.05, 4.69) is 25.9 Å². The second-order valence-corrected chi connectivity index (χ2v) is 6.34. The average Bonchev–Trinajstić information content (AvgIpc) is 2.88. The van der Waals surface area contributed by atoms with Gasteiger partial charge in [-0.25, -0.2) is 4.98 Å². The molecular weight excluding hydrogens is 350 g/mol. The number of hydrogen-bond donors (Lipinski definition) is 2. The molecule has 0 fully saturated rings. The predicted octanol–water partition coefficient (Wildman–Crippen LogP) is 4.21. The number of rotatable bonds is 4. The monoisotopic (exact) mass is 363 g/mol. The highest BCUT2D eigenvalue weighted by Gasteiger charge is 2.08. The summed E-state index contributed by atoms with van der Waals surface area (Å²) in [4.78, 5) is 7.85. The molecule has 2 aromatic carbocycles. The number of thioether (sulfide) groups is 1. The second kappa shape index (κ2) is 5.99. The van der Waals surface area contributed by atoms with Crippen LogP contribution in [-0.4, -0.2) is 17.1 Å². The second-order valence-electron chi connectivity index (χ2n) is 4.52. The van der Waals surface area contributed by atoms with Gasteiger partial charge in [-0.15, -0.1) is 0 Å². The third-order valence-electron chi connectivity index (χ3n) is 3.18. The Kier molecular flexibility index (Phi) is 4.07. The van der Waals surface area contributed by atoms with Crippen LogP contribution in [0.5, 0.6) is 5.75 Å². The van der Waals surface area contributed by atoms with Crippen molar-refractivity contribution in [2.75, 3.05) is 12.8 Å². The zero-order valence-electron chi connectivity index (χ0n) is 11.4. The Morgan fingerprint density at radius 1 is 1.33 bits per heavy atom. The number of fused-ring (bicyclic) bond motifs is 1. The molecule has 3 rings (SSSR count). The smallest absolute Gasteiger partial charge is 0.166 e. The number of aromatic amines is 1. The van der Waals surface area contributed by atoms with Crippen LogP contribution in [0.3, 0.4) is 0 Å². The lowest BCUT2D eigenvalue weighted by molar-refractivity contribution is 0.415. The number of methoxy groups -OCH3 is 1. The molecule has 1 aromatic heterocycles. The number of nitrogens with zero attached hydrogens (tertiary/aromatic N) is 1. The normalized spacial score (nSPS) is 11.0. The summed E-state index contributed by atoms with van der Waals surface area (Å²) >= 11 is 5.16. The van der Waals surface area contributed by atoms with Crippen LogP contribution in [-0.2, 0) is 5.75 Å². The molecule has 0 amide bonds. The maximum absolute atomic E-state index is 6.01. The molecule has 21 heavy (non-hydrogen) atoms. The van der Waals surface area contributed by atoms with E-state index in [9.17, 15) is 0 Å². The van der Waals surface area contributed by atoms with E-state index < -0.39 is 0 Å². The quantitative estimate of drug-likeness (QED) is 0.538. The van der Waals surface area contributed by atoms with E-state index in [1.54, 1.807) is 18.9 Å². The van der Waals surface area contributed by atoms with E-state index in [4.69, 9.17) is 10.5 Å². The van der Waals surface area contributed by atoms with Gasteiger partial charge in [0.2, 0.25) is 0 Å². The fourth-order valence-electron chi connectivity index (χ4n) is 2.03. The lowest BCUT2D eigenvalue weighted by Gasteiger charge is -2.06. The van der Waals surface area contributed by atoms with Gasteiger partial charge in [-0.1, -0.05) is 33.8 Å². The molecule has 0 aliphatic carbocycles. The van der Waals surface area contributed by atoms with Crippen molar-refractivity contribution in [1.82, 2.24) is 9.97 Å². The van der Waals surface area contributed by atoms with Crippen LogP contribution in [0.25, 0.3) is 11.0 Å². The van der Waals surface area contributed by atoms with Crippen LogP contribution in [0.15, 0.2) is 46.0 Å². The number of imidazole rings is 1. The van der Waals surface area contributed by atoms with E-state index in [0.29, 0.717) is 0 Å². The molecule has 1 heterocycles. The summed E-state index contributed by atoms with van der Waals surface area (Å²) in [6.07, 6.45) is 0. The van der Waals surface area contributed by atoms with Crippen molar-refractivity contribution < 1.29 is 4.74 Å². The van der Waals surface area contributed by atoms with Gasteiger partial charge in [-0.3, -0.25) is 0 Å².